The van der Waals surface area contributed by atoms with Gasteiger partial charge in [-0.1, -0.05) is 0 Å². The van der Waals surface area contributed by atoms with Crippen LogP contribution in [-0.4, -0.2) is 74.7 Å². The minimum absolute atomic E-state index is 0.0694. The van der Waals surface area contributed by atoms with Crippen LogP contribution in [0.1, 0.15) is 23.7 Å². The standard InChI is InChI=1S/C18H24F2N2O5/c1-3-26-16(23)12-21-7-4-8-22(10-9-21)17(24)13-5-6-14(27-18(19)20)15(11-13)25-2/h5-6,11,18H,3-4,7-10,12H2,1-2H3. The number of esters is 1. The molecule has 0 aliphatic carbocycles. The molecule has 0 aromatic heterocycles. The molecule has 7 nitrogen and oxygen atoms in total. The Balaban J connectivity index is 2.02. The number of hydrogen-bond donors (Lipinski definition) is 0. The van der Waals surface area contributed by atoms with E-state index in [2.05, 4.69) is 4.74 Å². The summed E-state index contributed by atoms with van der Waals surface area (Å²) in [6.07, 6.45) is 0.717. The van der Waals surface area contributed by atoms with Gasteiger partial charge in [0.2, 0.25) is 0 Å². The minimum atomic E-state index is -2.98. The quantitative estimate of drug-likeness (QED) is 0.668. The van der Waals surface area contributed by atoms with E-state index in [0.29, 0.717) is 38.3 Å². The van der Waals surface area contributed by atoms with Crippen molar-refractivity contribution in [1.29, 1.82) is 0 Å². The van der Waals surface area contributed by atoms with Crippen LogP contribution in [0.25, 0.3) is 0 Å². The first-order chi connectivity index (χ1) is 12.9. The molecule has 0 atom stereocenters. The highest BCUT2D eigenvalue weighted by molar-refractivity contribution is 5.95. The monoisotopic (exact) mass is 386 g/mol. The van der Waals surface area contributed by atoms with Gasteiger partial charge in [-0.2, -0.15) is 8.78 Å². The van der Waals surface area contributed by atoms with Crippen LogP contribution in [0, 0.1) is 0 Å². The van der Waals surface area contributed by atoms with Gasteiger partial charge in [0.1, 0.15) is 0 Å². The number of nitrogens with zero attached hydrogens (tertiary/aromatic N) is 2. The molecule has 1 aromatic rings. The van der Waals surface area contributed by atoms with E-state index in [9.17, 15) is 18.4 Å². The van der Waals surface area contributed by atoms with Crippen molar-refractivity contribution >= 4 is 11.9 Å². The number of alkyl halides is 2. The summed E-state index contributed by atoms with van der Waals surface area (Å²) in [6.45, 7) is 1.55. The first kappa shape index (κ1) is 20.9. The molecule has 0 spiro atoms. The van der Waals surface area contributed by atoms with E-state index in [1.807, 2.05) is 4.90 Å². The highest BCUT2D eigenvalue weighted by atomic mass is 19.3. The maximum absolute atomic E-state index is 12.8. The average molecular weight is 386 g/mol. The lowest BCUT2D eigenvalue weighted by Crippen LogP contribution is -2.37. The Morgan fingerprint density at radius 2 is 1.93 bits per heavy atom. The summed E-state index contributed by atoms with van der Waals surface area (Å²) in [6, 6.07) is 4.12. The van der Waals surface area contributed by atoms with Gasteiger partial charge < -0.3 is 19.1 Å². The summed E-state index contributed by atoms with van der Waals surface area (Å²) in [7, 11) is 1.32. The van der Waals surface area contributed by atoms with Crippen LogP contribution in [0.5, 0.6) is 11.5 Å². The summed E-state index contributed by atoms with van der Waals surface area (Å²) >= 11 is 0. The highest BCUT2D eigenvalue weighted by Gasteiger charge is 2.23. The molecule has 0 bridgehead atoms. The Morgan fingerprint density at radius 1 is 1.15 bits per heavy atom. The fraction of sp³-hybridized carbons (Fsp3) is 0.556. The molecule has 0 radical (unpaired) electrons. The van der Waals surface area contributed by atoms with Gasteiger partial charge in [0, 0.05) is 31.7 Å². The second-order valence-electron chi connectivity index (χ2n) is 5.97. The predicted octanol–water partition coefficient (Wildman–Crippen LogP) is 2.01. The molecule has 1 aliphatic rings. The van der Waals surface area contributed by atoms with Crippen molar-refractivity contribution in [1.82, 2.24) is 9.80 Å². The summed E-state index contributed by atoms with van der Waals surface area (Å²) < 4.78 is 39.2. The Labute approximate surface area is 156 Å². The Bertz CT molecular complexity index is 657. The van der Waals surface area contributed by atoms with Crippen LogP contribution in [-0.2, 0) is 9.53 Å². The zero-order valence-electron chi connectivity index (χ0n) is 15.5. The molecule has 1 heterocycles. The molecule has 1 saturated heterocycles. The van der Waals surface area contributed by atoms with E-state index >= 15 is 0 Å². The number of amides is 1. The molecule has 2 rings (SSSR count). The number of benzene rings is 1. The smallest absolute Gasteiger partial charge is 0.387 e. The molecular formula is C18H24F2N2O5. The number of hydrogen-bond acceptors (Lipinski definition) is 6. The van der Waals surface area contributed by atoms with E-state index in [4.69, 9.17) is 9.47 Å². The van der Waals surface area contributed by atoms with Gasteiger partial charge in [0.15, 0.2) is 11.5 Å². The lowest BCUT2D eigenvalue weighted by molar-refractivity contribution is -0.144. The molecule has 1 aromatic carbocycles. The summed E-state index contributed by atoms with van der Waals surface area (Å²) in [4.78, 5) is 28.0. The first-order valence-corrected chi connectivity index (χ1v) is 8.74. The minimum Gasteiger partial charge on any atom is -0.493 e. The topological polar surface area (TPSA) is 68.3 Å². The van der Waals surface area contributed by atoms with Crippen LogP contribution in [0.3, 0.4) is 0 Å². The van der Waals surface area contributed by atoms with E-state index in [0.717, 1.165) is 6.42 Å². The molecule has 1 fully saturated rings. The lowest BCUT2D eigenvalue weighted by Gasteiger charge is -2.22. The van der Waals surface area contributed by atoms with Crippen molar-refractivity contribution in [3.05, 3.63) is 23.8 Å². The fourth-order valence-electron chi connectivity index (χ4n) is 2.90. The van der Waals surface area contributed by atoms with Crippen molar-refractivity contribution in [2.24, 2.45) is 0 Å². The Morgan fingerprint density at radius 3 is 2.59 bits per heavy atom. The number of rotatable bonds is 7. The van der Waals surface area contributed by atoms with E-state index in [1.165, 1.54) is 25.3 Å². The molecule has 9 heteroatoms. The van der Waals surface area contributed by atoms with Gasteiger partial charge in [-0.05, 0) is 31.5 Å². The number of ether oxygens (including phenoxy) is 3. The van der Waals surface area contributed by atoms with E-state index in [-0.39, 0.29) is 29.9 Å². The van der Waals surface area contributed by atoms with Crippen LogP contribution < -0.4 is 9.47 Å². The molecular weight excluding hydrogens is 362 g/mol. The summed E-state index contributed by atoms with van der Waals surface area (Å²) in [5.41, 5.74) is 0.326. The number of methoxy groups -OCH3 is 1. The zero-order valence-corrected chi connectivity index (χ0v) is 15.5. The van der Waals surface area contributed by atoms with Gasteiger partial charge in [0.05, 0.1) is 20.3 Å². The number of halogens is 2. The third-order valence-corrected chi connectivity index (χ3v) is 4.16. The predicted molar refractivity (Wildman–Crippen MR) is 93.2 cm³/mol. The van der Waals surface area contributed by atoms with Gasteiger partial charge in [-0.25, -0.2) is 0 Å². The lowest BCUT2D eigenvalue weighted by atomic mass is 10.1. The normalized spacial score (nSPS) is 15.4. The maximum atomic E-state index is 12.8. The Hall–Kier alpha value is -2.42. The van der Waals surface area contributed by atoms with Crippen LogP contribution in [0.4, 0.5) is 8.78 Å². The van der Waals surface area contributed by atoms with Gasteiger partial charge in [-0.3, -0.25) is 14.5 Å². The van der Waals surface area contributed by atoms with E-state index < -0.39 is 6.61 Å². The second-order valence-corrected chi connectivity index (χ2v) is 5.97. The molecule has 0 unspecified atom stereocenters. The molecule has 0 saturated carbocycles. The third kappa shape index (κ3) is 6.06. The van der Waals surface area contributed by atoms with Crippen LogP contribution in [0.2, 0.25) is 0 Å². The number of carbonyl (C=O) groups excluding carboxylic acids is 2. The molecule has 150 valence electrons. The van der Waals surface area contributed by atoms with Crippen LogP contribution >= 0.6 is 0 Å². The Kier molecular flexibility index (Phi) is 7.78. The third-order valence-electron chi connectivity index (χ3n) is 4.16. The van der Waals surface area contributed by atoms with E-state index in [1.54, 1.807) is 11.8 Å². The maximum Gasteiger partial charge on any atom is 0.387 e. The van der Waals surface area contributed by atoms with Gasteiger partial charge in [0.25, 0.3) is 5.91 Å². The second kappa shape index (κ2) is 10.1. The largest absolute Gasteiger partial charge is 0.493 e. The average Bonchev–Trinajstić information content (AvgIpc) is 2.86. The molecule has 1 aliphatic heterocycles. The summed E-state index contributed by atoms with van der Waals surface area (Å²) in [5.74, 6) is -0.563. The molecule has 27 heavy (non-hydrogen) atoms. The van der Waals surface area contributed by atoms with Crippen molar-refractivity contribution in [2.45, 2.75) is 20.0 Å². The van der Waals surface area contributed by atoms with Crippen molar-refractivity contribution in [3.8, 4) is 11.5 Å². The molecule has 1 amide bonds. The zero-order chi connectivity index (χ0) is 19.8. The van der Waals surface area contributed by atoms with Gasteiger partial charge in [-0.15, -0.1) is 0 Å². The first-order valence-electron chi connectivity index (χ1n) is 8.74. The number of carbonyl (C=O) groups is 2. The summed E-state index contributed by atoms with van der Waals surface area (Å²) in [5, 5.41) is 0. The van der Waals surface area contributed by atoms with Crippen molar-refractivity contribution in [2.75, 3.05) is 46.4 Å². The van der Waals surface area contributed by atoms with Crippen molar-refractivity contribution < 1.29 is 32.6 Å². The van der Waals surface area contributed by atoms with Crippen molar-refractivity contribution in [3.63, 3.8) is 0 Å². The molecule has 0 N–H and O–H groups in total. The fourth-order valence-corrected chi connectivity index (χ4v) is 2.90. The van der Waals surface area contributed by atoms with Gasteiger partial charge >= 0.3 is 12.6 Å². The SMILES string of the molecule is CCOC(=O)CN1CCCN(C(=O)c2ccc(OC(F)F)c(OC)c2)CC1. The van der Waals surface area contributed by atoms with Crippen LogP contribution in [0.15, 0.2) is 18.2 Å². The highest BCUT2D eigenvalue weighted by Crippen LogP contribution is 2.30.